The van der Waals surface area contributed by atoms with Crippen LogP contribution >= 0.6 is 0 Å². The van der Waals surface area contributed by atoms with Gasteiger partial charge in [0.25, 0.3) is 11.5 Å². The number of carbonyl (C=O) groups excluding carboxylic acids is 1. The van der Waals surface area contributed by atoms with E-state index in [9.17, 15) is 18.0 Å². The predicted molar refractivity (Wildman–Crippen MR) is 104 cm³/mol. The van der Waals surface area contributed by atoms with Gasteiger partial charge in [0, 0.05) is 44.5 Å². The Bertz CT molecular complexity index is 948. The topological polar surface area (TPSA) is 88.5 Å². The van der Waals surface area contributed by atoms with Gasteiger partial charge in [-0.2, -0.15) is 0 Å². The van der Waals surface area contributed by atoms with Crippen LogP contribution in [-0.4, -0.2) is 43.8 Å². The molecule has 0 aliphatic heterocycles. The summed E-state index contributed by atoms with van der Waals surface area (Å²) in [6.07, 6.45) is 1.50. The first-order chi connectivity index (χ1) is 12.7. The molecule has 1 amide bonds. The minimum absolute atomic E-state index is 0.0215. The number of hydrogen-bond acceptors (Lipinski definition) is 4. The van der Waals surface area contributed by atoms with Crippen LogP contribution in [0.1, 0.15) is 28.9 Å². The second kappa shape index (κ2) is 8.96. The second-order valence-electron chi connectivity index (χ2n) is 6.43. The molecule has 0 spiro atoms. The van der Waals surface area contributed by atoms with Crippen LogP contribution in [-0.2, 0) is 16.6 Å². The molecule has 0 saturated carbocycles. The number of nitrogens with one attached hydrogen (secondary N) is 1. The molecule has 7 nitrogen and oxygen atoms in total. The fourth-order valence-corrected chi connectivity index (χ4v) is 3.50. The van der Waals surface area contributed by atoms with Crippen LogP contribution in [0.15, 0.2) is 52.2 Å². The average molecular weight is 391 g/mol. The summed E-state index contributed by atoms with van der Waals surface area (Å²) in [5.41, 5.74) is 1.30. The molecule has 0 radical (unpaired) electrons. The van der Waals surface area contributed by atoms with Crippen LogP contribution in [0.4, 0.5) is 0 Å². The number of benzene rings is 1. The Hall–Kier alpha value is -2.45. The van der Waals surface area contributed by atoms with Crippen molar-refractivity contribution in [3.05, 3.63) is 64.1 Å². The Kier molecular flexibility index (Phi) is 6.92. The van der Waals surface area contributed by atoms with Crippen molar-refractivity contribution in [1.82, 2.24) is 14.2 Å². The number of pyridine rings is 1. The third-order valence-electron chi connectivity index (χ3n) is 4.26. The lowest BCUT2D eigenvalue weighted by molar-refractivity contribution is 0.0952. The van der Waals surface area contributed by atoms with E-state index in [-0.39, 0.29) is 16.4 Å². The number of sulfonamides is 1. The molecule has 0 fully saturated rings. The van der Waals surface area contributed by atoms with Gasteiger partial charge in [0.1, 0.15) is 0 Å². The van der Waals surface area contributed by atoms with Crippen molar-refractivity contribution in [2.24, 2.45) is 0 Å². The Labute approximate surface area is 159 Å². The van der Waals surface area contributed by atoms with Gasteiger partial charge in [0.2, 0.25) is 10.0 Å². The molecule has 1 aromatic carbocycles. The maximum atomic E-state index is 12.2. The molecule has 1 N–H and O–H groups in total. The maximum Gasteiger partial charge on any atom is 0.251 e. The molecule has 1 heterocycles. The van der Waals surface area contributed by atoms with Gasteiger partial charge in [0.05, 0.1) is 4.90 Å². The van der Waals surface area contributed by atoms with E-state index in [1.54, 1.807) is 10.6 Å². The van der Waals surface area contributed by atoms with Crippen LogP contribution in [0.25, 0.3) is 0 Å². The van der Waals surface area contributed by atoms with Crippen molar-refractivity contribution in [1.29, 1.82) is 0 Å². The molecule has 146 valence electrons. The van der Waals surface area contributed by atoms with Gasteiger partial charge in [-0.05, 0) is 50.1 Å². The number of rotatable bonds is 8. The normalized spacial score (nSPS) is 11.6. The van der Waals surface area contributed by atoms with E-state index in [0.717, 1.165) is 22.8 Å². The number of unbranched alkanes of at least 4 members (excludes halogenated alkanes) is 1. The third kappa shape index (κ3) is 5.27. The van der Waals surface area contributed by atoms with E-state index in [2.05, 4.69) is 5.32 Å². The number of aryl methyl sites for hydroxylation is 1. The van der Waals surface area contributed by atoms with Crippen molar-refractivity contribution >= 4 is 15.9 Å². The first-order valence-corrected chi connectivity index (χ1v) is 10.1. The fraction of sp³-hybridized carbons (Fsp3) is 0.368. The molecular weight excluding hydrogens is 366 g/mol. The smallest absolute Gasteiger partial charge is 0.251 e. The number of amides is 1. The van der Waals surface area contributed by atoms with Crippen LogP contribution in [0.3, 0.4) is 0 Å². The molecule has 0 atom stereocenters. The van der Waals surface area contributed by atoms with Crippen molar-refractivity contribution in [3.8, 4) is 0 Å². The Morgan fingerprint density at radius 3 is 2.33 bits per heavy atom. The molecule has 2 aromatic rings. The molecule has 2 rings (SSSR count). The van der Waals surface area contributed by atoms with Crippen LogP contribution < -0.4 is 10.9 Å². The van der Waals surface area contributed by atoms with E-state index in [1.165, 1.54) is 44.4 Å². The first kappa shape index (κ1) is 20.9. The van der Waals surface area contributed by atoms with Crippen LogP contribution in [0, 0.1) is 6.92 Å². The quantitative estimate of drug-likeness (QED) is 0.693. The minimum atomic E-state index is -3.50. The Morgan fingerprint density at radius 1 is 1.07 bits per heavy atom. The van der Waals surface area contributed by atoms with Crippen molar-refractivity contribution in [2.45, 2.75) is 31.2 Å². The molecule has 0 aliphatic rings. The molecule has 0 saturated heterocycles. The predicted octanol–water partition coefficient (Wildman–Crippen LogP) is 1.62. The van der Waals surface area contributed by atoms with Crippen molar-refractivity contribution in [3.63, 3.8) is 0 Å². The van der Waals surface area contributed by atoms with Crippen molar-refractivity contribution < 1.29 is 13.2 Å². The highest BCUT2D eigenvalue weighted by Gasteiger charge is 2.17. The number of hydrogen-bond donors (Lipinski definition) is 1. The number of nitrogens with zero attached hydrogens (tertiary/aromatic N) is 2. The maximum absolute atomic E-state index is 12.2. The lowest BCUT2D eigenvalue weighted by atomic mass is 10.2. The molecular formula is C19H25N3O4S. The summed E-state index contributed by atoms with van der Waals surface area (Å²) < 4.78 is 26.9. The highest BCUT2D eigenvalue weighted by molar-refractivity contribution is 7.89. The summed E-state index contributed by atoms with van der Waals surface area (Å²) >= 11 is 0. The second-order valence-corrected chi connectivity index (χ2v) is 8.58. The van der Waals surface area contributed by atoms with Gasteiger partial charge in [-0.1, -0.05) is 6.07 Å². The van der Waals surface area contributed by atoms with Crippen LogP contribution in [0.2, 0.25) is 0 Å². The molecule has 0 unspecified atom stereocenters. The summed E-state index contributed by atoms with van der Waals surface area (Å²) in [6, 6.07) is 11.0. The number of carbonyl (C=O) groups is 1. The summed E-state index contributed by atoms with van der Waals surface area (Å²) in [5, 5.41) is 2.81. The lowest BCUT2D eigenvalue weighted by Gasteiger charge is -2.12. The molecule has 0 bridgehead atoms. The minimum Gasteiger partial charge on any atom is -0.352 e. The Balaban J connectivity index is 1.83. The standard InChI is InChI=1S/C19H25N3O4S/c1-15-7-6-8-18(23)22(15)14-5-4-13-20-19(24)16-9-11-17(12-10-16)27(25,26)21(2)3/h6-12H,4-5,13-14H2,1-3H3,(H,20,24). The molecule has 1 aromatic heterocycles. The van der Waals surface area contributed by atoms with Gasteiger partial charge in [-0.15, -0.1) is 0 Å². The number of aromatic nitrogens is 1. The zero-order valence-corrected chi connectivity index (χ0v) is 16.6. The largest absolute Gasteiger partial charge is 0.352 e. The highest BCUT2D eigenvalue weighted by atomic mass is 32.2. The zero-order chi connectivity index (χ0) is 20.0. The Morgan fingerprint density at radius 2 is 1.74 bits per heavy atom. The van der Waals surface area contributed by atoms with Gasteiger partial charge < -0.3 is 9.88 Å². The summed E-state index contributed by atoms with van der Waals surface area (Å²) in [7, 11) is -0.585. The van der Waals surface area contributed by atoms with Gasteiger partial charge in [-0.3, -0.25) is 9.59 Å². The van der Waals surface area contributed by atoms with Crippen molar-refractivity contribution in [2.75, 3.05) is 20.6 Å². The average Bonchev–Trinajstić information content (AvgIpc) is 2.63. The van der Waals surface area contributed by atoms with E-state index in [1.807, 2.05) is 13.0 Å². The van der Waals surface area contributed by atoms with Gasteiger partial charge in [-0.25, -0.2) is 12.7 Å². The lowest BCUT2D eigenvalue weighted by Crippen LogP contribution is -2.26. The summed E-state index contributed by atoms with van der Waals surface area (Å²) in [4.78, 5) is 24.1. The summed E-state index contributed by atoms with van der Waals surface area (Å²) in [6.45, 7) is 2.99. The third-order valence-corrected chi connectivity index (χ3v) is 6.09. The van der Waals surface area contributed by atoms with E-state index < -0.39 is 10.0 Å². The van der Waals surface area contributed by atoms with E-state index in [4.69, 9.17) is 0 Å². The molecule has 8 heteroatoms. The van der Waals surface area contributed by atoms with Gasteiger partial charge >= 0.3 is 0 Å². The SMILES string of the molecule is Cc1cccc(=O)n1CCCCNC(=O)c1ccc(S(=O)(=O)N(C)C)cc1. The van der Waals surface area contributed by atoms with E-state index >= 15 is 0 Å². The first-order valence-electron chi connectivity index (χ1n) is 8.71. The zero-order valence-electron chi connectivity index (χ0n) is 15.8. The molecule has 27 heavy (non-hydrogen) atoms. The van der Waals surface area contributed by atoms with Gasteiger partial charge in [0.15, 0.2) is 0 Å². The van der Waals surface area contributed by atoms with Crippen LogP contribution in [0.5, 0.6) is 0 Å². The molecule has 0 aliphatic carbocycles. The van der Waals surface area contributed by atoms with E-state index in [0.29, 0.717) is 18.7 Å². The highest BCUT2D eigenvalue weighted by Crippen LogP contribution is 2.14. The monoisotopic (exact) mass is 391 g/mol. The fourth-order valence-electron chi connectivity index (χ4n) is 2.60. The summed E-state index contributed by atoms with van der Waals surface area (Å²) in [5.74, 6) is -0.253.